The molecule has 2 aromatic carbocycles. The molecule has 128 valence electrons. The van der Waals surface area contributed by atoms with Gasteiger partial charge in [-0.1, -0.05) is 24.3 Å². The number of esters is 1. The molecule has 0 fully saturated rings. The molecule has 0 bridgehead atoms. The van der Waals surface area contributed by atoms with E-state index >= 15 is 0 Å². The fraction of sp³-hybridized carbons (Fsp3) is 0.0556. The molecular formula is C18H14N6O2. The van der Waals surface area contributed by atoms with Crippen molar-refractivity contribution in [2.45, 2.75) is 0 Å². The molecule has 0 saturated heterocycles. The van der Waals surface area contributed by atoms with E-state index in [-0.39, 0.29) is 5.95 Å². The molecule has 2 N–H and O–H groups in total. The number of hydrogen-bond acceptors (Lipinski definition) is 8. The Balaban J connectivity index is 1.85. The smallest absolute Gasteiger partial charge is 0.339 e. The molecule has 0 saturated carbocycles. The van der Waals surface area contributed by atoms with Crippen molar-refractivity contribution in [1.82, 2.24) is 15.2 Å². The monoisotopic (exact) mass is 346 g/mol. The Morgan fingerprint density at radius 1 is 1.08 bits per heavy atom. The van der Waals surface area contributed by atoms with Gasteiger partial charge in [-0.25, -0.2) is 4.79 Å². The second-order valence-corrected chi connectivity index (χ2v) is 5.11. The molecule has 3 aromatic rings. The van der Waals surface area contributed by atoms with Gasteiger partial charge in [-0.2, -0.15) is 15.3 Å². The predicted molar refractivity (Wildman–Crippen MR) is 95.3 cm³/mol. The molecule has 0 amide bonds. The highest BCUT2D eigenvalue weighted by atomic mass is 16.5. The summed E-state index contributed by atoms with van der Waals surface area (Å²) < 4.78 is 4.77. The fourth-order valence-electron chi connectivity index (χ4n) is 2.24. The van der Waals surface area contributed by atoms with E-state index in [2.05, 4.69) is 31.9 Å². The Hall–Kier alpha value is -3.99. The van der Waals surface area contributed by atoms with Crippen LogP contribution >= 0.6 is 0 Å². The lowest BCUT2D eigenvalue weighted by Crippen LogP contribution is -2.07. The highest BCUT2D eigenvalue weighted by Crippen LogP contribution is 2.22. The number of benzene rings is 2. The molecule has 0 spiro atoms. The van der Waals surface area contributed by atoms with Crippen LogP contribution in [0.15, 0.2) is 54.7 Å². The lowest BCUT2D eigenvalue weighted by Gasteiger charge is -2.11. The maximum atomic E-state index is 11.8. The van der Waals surface area contributed by atoms with Crippen LogP contribution in [0.25, 0.3) is 0 Å². The number of aromatic nitrogens is 3. The molecule has 0 unspecified atom stereocenters. The zero-order valence-electron chi connectivity index (χ0n) is 13.8. The van der Waals surface area contributed by atoms with Gasteiger partial charge in [-0.15, -0.1) is 5.10 Å². The van der Waals surface area contributed by atoms with Crippen LogP contribution in [0.2, 0.25) is 0 Å². The average Bonchev–Trinajstić information content (AvgIpc) is 2.68. The van der Waals surface area contributed by atoms with E-state index in [1.807, 2.05) is 0 Å². The number of ether oxygens (including phenoxy) is 1. The summed E-state index contributed by atoms with van der Waals surface area (Å²) in [5.41, 5.74) is 1.94. The maximum absolute atomic E-state index is 11.8. The summed E-state index contributed by atoms with van der Waals surface area (Å²) in [6.07, 6.45) is 1.43. The van der Waals surface area contributed by atoms with Crippen LogP contribution in [0.4, 0.5) is 23.1 Å². The Kier molecular flexibility index (Phi) is 5.00. The SMILES string of the molecule is COC(=O)c1ccccc1Nc1cnnc(Nc2ccccc2C#N)n1. The fourth-order valence-corrected chi connectivity index (χ4v) is 2.24. The predicted octanol–water partition coefficient (Wildman–Crippen LogP) is 3.02. The molecule has 8 nitrogen and oxygen atoms in total. The van der Waals surface area contributed by atoms with Crippen molar-refractivity contribution < 1.29 is 9.53 Å². The Bertz CT molecular complexity index is 983. The van der Waals surface area contributed by atoms with Gasteiger partial charge in [0, 0.05) is 0 Å². The lowest BCUT2D eigenvalue weighted by atomic mass is 10.2. The van der Waals surface area contributed by atoms with Gasteiger partial charge in [-0.05, 0) is 24.3 Å². The van der Waals surface area contributed by atoms with Crippen molar-refractivity contribution in [3.8, 4) is 6.07 Å². The molecule has 1 aromatic heterocycles. The van der Waals surface area contributed by atoms with Crippen LogP contribution in [0.3, 0.4) is 0 Å². The molecule has 0 aliphatic carbocycles. The molecule has 3 rings (SSSR count). The van der Waals surface area contributed by atoms with E-state index < -0.39 is 5.97 Å². The minimum Gasteiger partial charge on any atom is -0.465 e. The first-order valence-corrected chi connectivity index (χ1v) is 7.61. The van der Waals surface area contributed by atoms with Crippen LogP contribution in [-0.4, -0.2) is 28.3 Å². The van der Waals surface area contributed by atoms with Gasteiger partial charge in [-0.3, -0.25) is 0 Å². The number of nitrogens with zero attached hydrogens (tertiary/aromatic N) is 4. The Labute approximate surface area is 149 Å². The van der Waals surface area contributed by atoms with Crippen molar-refractivity contribution in [1.29, 1.82) is 5.26 Å². The van der Waals surface area contributed by atoms with E-state index in [0.717, 1.165) is 0 Å². The van der Waals surface area contributed by atoms with Gasteiger partial charge in [0.05, 0.1) is 35.8 Å². The number of rotatable bonds is 5. The van der Waals surface area contributed by atoms with Gasteiger partial charge in [0.2, 0.25) is 5.95 Å². The maximum Gasteiger partial charge on any atom is 0.339 e. The first-order valence-electron chi connectivity index (χ1n) is 7.61. The van der Waals surface area contributed by atoms with Crippen molar-refractivity contribution in [2.24, 2.45) is 0 Å². The molecule has 26 heavy (non-hydrogen) atoms. The number of carbonyl (C=O) groups excluding carboxylic acids is 1. The summed E-state index contributed by atoms with van der Waals surface area (Å²) in [5.74, 6) is 0.137. The summed E-state index contributed by atoms with van der Waals surface area (Å²) in [6, 6.07) is 16.0. The molecule has 0 aliphatic rings. The van der Waals surface area contributed by atoms with Crippen LogP contribution in [0.5, 0.6) is 0 Å². The average molecular weight is 346 g/mol. The van der Waals surface area contributed by atoms with Crippen LogP contribution in [0.1, 0.15) is 15.9 Å². The quantitative estimate of drug-likeness (QED) is 0.678. The molecule has 0 radical (unpaired) electrons. The lowest BCUT2D eigenvalue weighted by molar-refractivity contribution is 0.0602. The number of anilines is 4. The zero-order valence-corrected chi connectivity index (χ0v) is 13.8. The highest BCUT2D eigenvalue weighted by Gasteiger charge is 2.12. The number of methoxy groups -OCH3 is 1. The number of para-hydroxylation sites is 2. The molecular weight excluding hydrogens is 332 g/mol. The third-order valence-electron chi connectivity index (χ3n) is 3.45. The van der Waals surface area contributed by atoms with Crippen LogP contribution < -0.4 is 10.6 Å². The van der Waals surface area contributed by atoms with E-state index in [4.69, 9.17) is 10.00 Å². The molecule has 0 atom stereocenters. The normalized spacial score (nSPS) is 9.85. The molecule has 8 heteroatoms. The van der Waals surface area contributed by atoms with E-state index in [1.165, 1.54) is 13.3 Å². The third-order valence-corrected chi connectivity index (χ3v) is 3.45. The number of carbonyl (C=O) groups is 1. The summed E-state index contributed by atoms with van der Waals surface area (Å²) in [5, 5.41) is 22.9. The van der Waals surface area contributed by atoms with E-state index in [1.54, 1.807) is 48.5 Å². The first-order chi connectivity index (χ1) is 12.7. The number of hydrogen-bond donors (Lipinski definition) is 2. The van der Waals surface area contributed by atoms with Crippen molar-refractivity contribution >= 4 is 29.1 Å². The second-order valence-electron chi connectivity index (χ2n) is 5.11. The largest absolute Gasteiger partial charge is 0.465 e. The summed E-state index contributed by atoms with van der Waals surface area (Å²) in [7, 11) is 1.32. The summed E-state index contributed by atoms with van der Waals surface area (Å²) >= 11 is 0. The summed E-state index contributed by atoms with van der Waals surface area (Å²) in [6.45, 7) is 0. The van der Waals surface area contributed by atoms with E-state index in [9.17, 15) is 4.79 Å². The van der Waals surface area contributed by atoms with Crippen molar-refractivity contribution in [3.63, 3.8) is 0 Å². The minimum absolute atomic E-state index is 0.216. The standard InChI is InChI=1S/C18H14N6O2/c1-26-17(25)13-7-3-5-9-15(13)21-16-11-20-24-18(23-16)22-14-8-4-2-6-12(14)10-19/h2-9,11H,1H3,(H2,21,22,23,24). The molecule has 1 heterocycles. The van der Waals surface area contributed by atoms with Crippen LogP contribution in [0, 0.1) is 11.3 Å². The number of nitriles is 1. The first kappa shape index (κ1) is 16.9. The second kappa shape index (κ2) is 7.72. The van der Waals surface area contributed by atoms with Gasteiger partial charge < -0.3 is 15.4 Å². The van der Waals surface area contributed by atoms with Gasteiger partial charge in [0.25, 0.3) is 0 Å². The van der Waals surface area contributed by atoms with Crippen molar-refractivity contribution in [2.75, 3.05) is 17.7 Å². The van der Waals surface area contributed by atoms with Crippen molar-refractivity contribution in [3.05, 3.63) is 65.9 Å². The Morgan fingerprint density at radius 3 is 2.58 bits per heavy atom. The highest BCUT2D eigenvalue weighted by molar-refractivity contribution is 5.96. The topological polar surface area (TPSA) is 113 Å². The minimum atomic E-state index is -0.462. The zero-order chi connectivity index (χ0) is 18.4. The molecule has 0 aliphatic heterocycles. The van der Waals surface area contributed by atoms with Gasteiger partial charge >= 0.3 is 5.97 Å². The third kappa shape index (κ3) is 3.73. The Morgan fingerprint density at radius 2 is 1.81 bits per heavy atom. The number of nitrogens with one attached hydrogen (secondary N) is 2. The van der Waals surface area contributed by atoms with Gasteiger partial charge in [0.1, 0.15) is 6.07 Å². The summed E-state index contributed by atoms with van der Waals surface area (Å²) in [4.78, 5) is 16.2. The van der Waals surface area contributed by atoms with Crippen LogP contribution in [-0.2, 0) is 4.74 Å². The van der Waals surface area contributed by atoms with E-state index in [0.29, 0.717) is 28.3 Å². The van der Waals surface area contributed by atoms with Gasteiger partial charge in [0.15, 0.2) is 5.82 Å².